The minimum atomic E-state index is 0.674. The lowest BCUT2D eigenvalue weighted by atomic mass is 10.2. The first kappa shape index (κ1) is 15.6. The third-order valence-corrected chi connectivity index (χ3v) is 2.68. The van der Waals surface area contributed by atoms with Crippen LogP contribution in [0.15, 0.2) is 47.6 Å². The quantitative estimate of drug-likeness (QED) is 0.632. The summed E-state index contributed by atoms with van der Waals surface area (Å²) in [6.07, 6.45) is 6.74. The number of hydrogen-bond donors (Lipinski definition) is 4. The summed E-state index contributed by atoms with van der Waals surface area (Å²) >= 11 is 0. The highest BCUT2D eigenvalue weighted by atomic mass is 14.9. The molecule has 0 bridgehead atoms. The van der Waals surface area contributed by atoms with Crippen LogP contribution in [0.3, 0.4) is 0 Å². The van der Waals surface area contributed by atoms with E-state index in [4.69, 9.17) is 11.5 Å². The van der Waals surface area contributed by atoms with Gasteiger partial charge in [-0.3, -0.25) is 4.99 Å². The topological polar surface area (TPSA) is 88.5 Å². The largest absolute Gasteiger partial charge is 0.399 e. The number of nitrogens with one attached hydrogen (secondary N) is 2. The predicted molar refractivity (Wildman–Crippen MR) is 89.1 cm³/mol. The Bertz CT molecular complexity index is 491. The monoisotopic (exact) mass is 273 g/mol. The van der Waals surface area contributed by atoms with Crippen molar-refractivity contribution in [1.82, 2.24) is 5.32 Å². The fourth-order valence-electron chi connectivity index (χ4n) is 1.62. The van der Waals surface area contributed by atoms with Crippen molar-refractivity contribution in [1.29, 1.82) is 0 Å². The van der Waals surface area contributed by atoms with Crippen LogP contribution >= 0.6 is 0 Å². The minimum Gasteiger partial charge on any atom is -0.399 e. The normalized spacial score (nSPS) is 12.8. The third kappa shape index (κ3) is 5.48. The van der Waals surface area contributed by atoms with Gasteiger partial charge in [0.25, 0.3) is 0 Å². The molecule has 0 aliphatic carbocycles. The maximum Gasteiger partial charge on any atom is 0.0578 e. The Kier molecular flexibility index (Phi) is 6.75. The summed E-state index contributed by atoms with van der Waals surface area (Å²) in [5.74, 6) is 0. The molecule has 1 aliphatic heterocycles. The predicted octanol–water partition coefficient (Wildman–Crippen LogP) is 2.01. The van der Waals surface area contributed by atoms with Gasteiger partial charge in [0.1, 0.15) is 0 Å². The standard InChI is InChI=1S/C12H16N4.C3H7N/c13-10-3-4-12(11(14)6-10)16-8-9-2-1-5-15-7-9;1-3-4-2/h2-4,6-7,16H,1,5,8,13-14H2;3-4H,1H2,2H3. The second kappa shape index (κ2) is 8.63. The van der Waals surface area contributed by atoms with Crippen LogP contribution < -0.4 is 22.1 Å². The van der Waals surface area contributed by atoms with Crippen molar-refractivity contribution in [3.05, 3.63) is 42.6 Å². The lowest BCUT2D eigenvalue weighted by molar-refractivity contribution is 0.982. The van der Waals surface area contributed by atoms with Gasteiger partial charge >= 0.3 is 0 Å². The molecule has 20 heavy (non-hydrogen) atoms. The molecule has 0 aromatic heterocycles. The fraction of sp³-hybridized carbons (Fsp3) is 0.267. The summed E-state index contributed by atoms with van der Waals surface area (Å²) in [5.41, 5.74) is 14.9. The Morgan fingerprint density at radius 2 is 2.15 bits per heavy atom. The van der Waals surface area contributed by atoms with E-state index in [1.54, 1.807) is 12.3 Å². The van der Waals surface area contributed by atoms with Crippen molar-refractivity contribution >= 4 is 23.3 Å². The average molecular weight is 273 g/mol. The van der Waals surface area contributed by atoms with E-state index in [0.29, 0.717) is 11.4 Å². The van der Waals surface area contributed by atoms with E-state index < -0.39 is 0 Å². The number of anilines is 3. The van der Waals surface area contributed by atoms with Crippen molar-refractivity contribution in [3.63, 3.8) is 0 Å². The molecular weight excluding hydrogens is 250 g/mol. The lowest BCUT2D eigenvalue weighted by Crippen LogP contribution is -2.09. The molecule has 1 aromatic carbocycles. The molecule has 0 fully saturated rings. The van der Waals surface area contributed by atoms with Crippen LogP contribution in [-0.2, 0) is 0 Å². The number of rotatable bonds is 4. The van der Waals surface area contributed by atoms with E-state index in [9.17, 15) is 0 Å². The highest BCUT2D eigenvalue weighted by Gasteiger charge is 2.01. The highest BCUT2D eigenvalue weighted by Crippen LogP contribution is 2.21. The number of nitrogens with two attached hydrogens (primary N) is 2. The van der Waals surface area contributed by atoms with Crippen LogP contribution in [0, 0.1) is 0 Å². The number of nitrogen functional groups attached to an aromatic ring is 2. The smallest absolute Gasteiger partial charge is 0.0578 e. The Morgan fingerprint density at radius 3 is 2.70 bits per heavy atom. The molecule has 0 radical (unpaired) electrons. The molecule has 0 spiro atoms. The van der Waals surface area contributed by atoms with Gasteiger partial charge < -0.3 is 22.1 Å². The Morgan fingerprint density at radius 1 is 1.40 bits per heavy atom. The lowest BCUT2D eigenvalue weighted by Gasteiger charge is -2.11. The Labute approximate surface area is 120 Å². The number of benzene rings is 1. The molecule has 0 saturated heterocycles. The van der Waals surface area contributed by atoms with Gasteiger partial charge in [-0.1, -0.05) is 12.7 Å². The first-order chi connectivity index (χ1) is 9.67. The molecule has 0 saturated carbocycles. The van der Waals surface area contributed by atoms with Gasteiger partial charge in [0.05, 0.1) is 11.4 Å². The van der Waals surface area contributed by atoms with Gasteiger partial charge in [-0.25, -0.2) is 0 Å². The summed E-state index contributed by atoms with van der Waals surface area (Å²) in [6, 6.07) is 5.49. The molecule has 1 aromatic rings. The summed E-state index contributed by atoms with van der Waals surface area (Å²) < 4.78 is 0. The van der Waals surface area contributed by atoms with Crippen molar-refractivity contribution in [2.75, 3.05) is 36.9 Å². The number of dihydropyridines is 1. The first-order valence-electron chi connectivity index (χ1n) is 6.53. The maximum absolute atomic E-state index is 5.84. The summed E-state index contributed by atoms with van der Waals surface area (Å²) in [5, 5.41) is 5.96. The number of aliphatic imine (C=N–C) groups is 1. The number of hydrogen-bond acceptors (Lipinski definition) is 5. The van der Waals surface area contributed by atoms with E-state index in [1.807, 2.05) is 25.4 Å². The molecule has 108 valence electrons. The Hall–Kier alpha value is -2.43. The third-order valence-electron chi connectivity index (χ3n) is 2.68. The van der Waals surface area contributed by atoms with Crippen molar-refractivity contribution in [3.8, 4) is 0 Å². The molecule has 1 aliphatic rings. The summed E-state index contributed by atoms with van der Waals surface area (Å²) in [7, 11) is 1.81. The highest BCUT2D eigenvalue weighted by molar-refractivity contribution is 5.81. The van der Waals surface area contributed by atoms with Gasteiger partial charge in [-0.2, -0.15) is 0 Å². The van der Waals surface area contributed by atoms with Gasteiger partial charge in [0.2, 0.25) is 0 Å². The maximum atomic E-state index is 5.84. The van der Waals surface area contributed by atoms with Crippen LogP contribution in [0.1, 0.15) is 6.42 Å². The SMILES string of the molecule is C=CNC.Nc1ccc(NCC2=CCCN=C2)c(N)c1. The van der Waals surface area contributed by atoms with Crippen LogP contribution in [0.25, 0.3) is 0 Å². The molecule has 0 unspecified atom stereocenters. The van der Waals surface area contributed by atoms with Crippen LogP contribution in [0.4, 0.5) is 17.1 Å². The zero-order chi connectivity index (χ0) is 14.8. The van der Waals surface area contributed by atoms with Crippen LogP contribution in [0.5, 0.6) is 0 Å². The second-order valence-corrected chi connectivity index (χ2v) is 4.30. The molecule has 5 heteroatoms. The second-order valence-electron chi connectivity index (χ2n) is 4.30. The first-order valence-corrected chi connectivity index (χ1v) is 6.53. The fourth-order valence-corrected chi connectivity index (χ4v) is 1.62. The molecule has 6 N–H and O–H groups in total. The van der Waals surface area contributed by atoms with Crippen LogP contribution in [0.2, 0.25) is 0 Å². The molecule has 1 heterocycles. The summed E-state index contributed by atoms with van der Waals surface area (Å²) in [4.78, 5) is 4.22. The van der Waals surface area contributed by atoms with Crippen molar-refractivity contribution < 1.29 is 0 Å². The Balaban J connectivity index is 0.000000444. The van der Waals surface area contributed by atoms with Gasteiger partial charge in [0.15, 0.2) is 0 Å². The van der Waals surface area contributed by atoms with Gasteiger partial charge in [-0.05, 0) is 36.4 Å². The zero-order valence-electron chi connectivity index (χ0n) is 11.9. The van der Waals surface area contributed by atoms with Gasteiger partial charge in [0, 0.05) is 32.0 Å². The van der Waals surface area contributed by atoms with E-state index in [0.717, 1.165) is 25.2 Å². The van der Waals surface area contributed by atoms with E-state index in [-0.39, 0.29) is 0 Å². The number of nitrogens with zero attached hydrogens (tertiary/aromatic N) is 1. The van der Waals surface area contributed by atoms with E-state index in [2.05, 4.69) is 28.3 Å². The van der Waals surface area contributed by atoms with Crippen LogP contribution in [-0.4, -0.2) is 26.4 Å². The van der Waals surface area contributed by atoms with Crippen molar-refractivity contribution in [2.45, 2.75) is 6.42 Å². The minimum absolute atomic E-state index is 0.674. The average Bonchev–Trinajstić information content (AvgIpc) is 2.48. The van der Waals surface area contributed by atoms with E-state index in [1.165, 1.54) is 5.57 Å². The van der Waals surface area contributed by atoms with Crippen molar-refractivity contribution in [2.24, 2.45) is 4.99 Å². The zero-order valence-corrected chi connectivity index (χ0v) is 11.9. The van der Waals surface area contributed by atoms with E-state index >= 15 is 0 Å². The summed E-state index contributed by atoms with van der Waals surface area (Å²) in [6.45, 7) is 5.01. The molecule has 5 nitrogen and oxygen atoms in total. The molecule has 2 rings (SSSR count). The molecular formula is C15H23N5. The molecule has 0 amide bonds. The molecule has 0 atom stereocenters. The van der Waals surface area contributed by atoms with Gasteiger partial charge in [-0.15, -0.1) is 0 Å².